The summed E-state index contributed by atoms with van der Waals surface area (Å²) in [5, 5.41) is 10.2. The van der Waals surface area contributed by atoms with Gasteiger partial charge in [0.15, 0.2) is 0 Å². The Hall–Kier alpha value is -2.74. The highest BCUT2D eigenvalue weighted by Gasteiger charge is 2.47. The third-order valence-electron chi connectivity index (χ3n) is 8.90. The van der Waals surface area contributed by atoms with Crippen LogP contribution in [0.3, 0.4) is 0 Å². The first-order valence-corrected chi connectivity index (χ1v) is 13.3. The molecule has 1 saturated heterocycles. The minimum Gasteiger partial charge on any atom is -0.384 e. The highest BCUT2D eigenvalue weighted by atomic mass is 16.2. The van der Waals surface area contributed by atoms with Gasteiger partial charge in [-0.1, -0.05) is 6.07 Å². The average Bonchev–Trinajstić information content (AvgIpc) is 2.81. The van der Waals surface area contributed by atoms with Crippen LogP contribution < -0.4 is 21.5 Å². The van der Waals surface area contributed by atoms with Gasteiger partial charge in [0, 0.05) is 24.7 Å². The van der Waals surface area contributed by atoms with E-state index >= 15 is 0 Å². The van der Waals surface area contributed by atoms with E-state index in [-0.39, 0.29) is 17.9 Å². The molecule has 1 aromatic carbocycles. The van der Waals surface area contributed by atoms with Crippen LogP contribution in [0.5, 0.6) is 0 Å². The molecule has 1 aromatic heterocycles. The summed E-state index contributed by atoms with van der Waals surface area (Å²) >= 11 is 0. The van der Waals surface area contributed by atoms with Crippen molar-refractivity contribution in [2.45, 2.75) is 70.4 Å². The average molecular weight is 478 g/mol. The molecule has 4 aliphatic carbocycles. The Labute approximate surface area is 205 Å². The number of hydrogen-bond acceptors (Lipinski definition) is 6. The minimum absolute atomic E-state index is 0.219. The first-order valence-electron chi connectivity index (χ1n) is 13.3. The standard InChI is InChI=1S/C27H35N5O3/c1-15-30-21-5-2-4-20(24(21)27(35)32(15)22-6-7-23(33)31-26(22)34)28-8-3-9-29-25-18-11-16-10-17(13-18)14-19(25)12-16/h2,4-5,16-19,22,25,28-29H,3,6-14H2,1H3,(H,31,33,34). The zero-order valence-electron chi connectivity index (χ0n) is 20.4. The summed E-state index contributed by atoms with van der Waals surface area (Å²) in [5.41, 5.74) is 1.13. The number of aromatic nitrogens is 2. The predicted octanol–water partition coefficient (Wildman–Crippen LogP) is 2.90. The van der Waals surface area contributed by atoms with Gasteiger partial charge in [0.2, 0.25) is 11.8 Å². The van der Waals surface area contributed by atoms with Crippen molar-refractivity contribution in [1.82, 2.24) is 20.2 Å². The molecule has 0 spiro atoms. The summed E-state index contributed by atoms with van der Waals surface area (Å²) in [6.07, 6.45) is 8.67. The van der Waals surface area contributed by atoms with Crippen molar-refractivity contribution in [2.24, 2.45) is 23.7 Å². The molecule has 35 heavy (non-hydrogen) atoms. The molecule has 4 saturated carbocycles. The number of anilines is 1. The smallest absolute Gasteiger partial charge is 0.264 e. The first kappa shape index (κ1) is 22.7. The van der Waals surface area contributed by atoms with E-state index in [1.807, 2.05) is 18.2 Å². The van der Waals surface area contributed by atoms with E-state index in [9.17, 15) is 14.4 Å². The van der Waals surface area contributed by atoms with E-state index in [0.717, 1.165) is 48.9 Å². The Kier molecular flexibility index (Phi) is 5.87. The van der Waals surface area contributed by atoms with Gasteiger partial charge in [0.25, 0.3) is 5.56 Å². The van der Waals surface area contributed by atoms with Gasteiger partial charge < -0.3 is 10.6 Å². The molecule has 2 amide bonds. The molecular weight excluding hydrogens is 442 g/mol. The molecule has 1 atom stereocenters. The summed E-state index contributed by atoms with van der Waals surface area (Å²) in [6.45, 7) is 3.47. The highest BCUT2D eigenvalue weighted by Crippen LogP contribution is 2.53. The van der Waals surface area contributed by atoms with Gasteiger partial charge >= 0.3 is 0 Å². The van der Waals surface area contributed by atoms with Crippen molar-refractivity contribution in [3.8, 4) is 0 Å². The fraction of sp³-hybridized carbons (Fsp3) is 0.630. The van der Waals surface area contributed by atoms with Crippen molar-refractivity contribution in [1.29, 1.82) is 0 Å². The normalized spacial score (nSPS) is 31.7. The third-order valence-corrected chi connectivity index (χ3v) is 8.90. The summed E-state index contributed by atoms with van der Waals surface area (Å²) in [7, 11) is 0. The van der Waals surface area contributed by atoms with Gasteiger partial charge in [-0.15, -0.1) is 0 Å². The fourth-order valence-electron chi connectivity index (χ4n) is 7.64. The first-order chi connectivity index (χ1) is 17.0. The lowest BCUT2D eigenvalue weighted by Gasteiger charge is -2.54. The van der Waals surface area contributed by atoms with E-state index in [1.54, 1.807) is 6.92 Å². The van der Waals surface area contributed by atoms with Gasteiger partial charge in [-0.2, -0.15) is 0 Å². The third kappa shape index (κ3) is 4.15. The molecule has 7 rings (SSSR count). The largest absolute Gasteiger partial charge is 0.384 e. The molecule has 186 valence electrons. The maximum absolute atomic E-state index is 13.5. The molecule has 8 nitrogen and oxygen atoms in total. The number of fused-ring (bicyclic) bond motifs is 1. The minimum atomic E-state index is -0.713. The fourth-order valence-corrected chi connectivity index (χ4v) is 7.64. The van der Waals surface area contributed by atoms with Crippen molar-refractivity contribution in [3.63, 3.8) is 0 Å². The summed E-state index contributed by atoms with van der Waals surface area (Å²) in [6, 6.07) is 5.61. The second kappa shape index (κ2) is 9.04. The molecule has 0 radical (unpaired) electrons. The van der Waals surface area contributed by atoms with Gasteiger partial charge in [-0.25, -0.2) is 4.98 Å². The Morgan fingerprint density at radius 3 is 2.49 bits per heavy atom. The van der Waals surface area contributed by atoms with Crippen molar-refractivity contribution in [3.05, 3.63) is 34.4 Å². The topological polar surface area (TPSA) is 105 Å². The molecule has 2 aromatic rings. The molecule has 2 heterocycles. The molecule has 1 aliphatic heterocycles. The van der Waals surface area contributed by atoms with Crippen LogP contribution in [0.1, 0.15) is 63.2 Å². The van der Waals surface area contributed by atoms with Gasteiger partial charge in [0.1, 0.15) is 11.9 Å². The molecule has 5 fully saturated rings. The van der Waals surface area contributed by atoms with Crippen LogP contribution in [-0.2, 0) is 9.59 Å². The summed E-state index contributed by atoms with van der Waals surface area (Å²) < 4.78 is 1.45. The Morgan fingerprint density at radius 1 is 1.03 bits per heavy atom. The Balaban J connectivity index is 1.13. The van der Waals surface area contributed by atoms with Crippen molar-refractivity contribution < 1.29 is 9.59 Å². The van der Waals surface area contributed by atoms with Crippen LogP contribution in [0, 0.1) is 30.6 Å². The van der Waals surface area contributed by atoms with Crippen molar-refractivity contribution >= 4 is 28.4 Å². The summed E-state index contributed by atoms with van der Waals surface area (Å²) in [4.78, 5) is 42.2. The number of hydrogen-bond donors (Lipinski definition) is 3. The van der Waals surface area contributed by atoms with E-state index in [2.05, 4.69) is 20.9 Å². The lowest BCUT2D eigenvalue weighted by atomic mass is 9.54. The zero-order valence-corrected chi connectivity index (χ0v) is 20.4. The van der Waals surface area contributed by atoms with Gasteiger partial charge in [0.05, 0.1) is 10.9 Å². The van der Waals surface area contributed by atoms with E-state index in [1.165, 1.54) is 36.7 Å². The van der Waals surface area contributed by atoms with Gasteiger partial charge in [-0.05, 0) is 94.2 Å². The van der Waals surface area contributed by atoms with Crippen LogP contribution in [0.15, 0.2) is 23.0 Å². The Bertz CT molecular complexity index is 1190. The number of nitrogens with one attached hydrogen (secondary N) is 3. The predicted molar refractivity (Wildman–Crippen MR) is 134 cm³/mol. The maximum Gasteiger partial charge on any atom is 0.264 e. The number of amides is 2. The lowest BCUT2D eigenvalue weighted by molar-refractivity contribution is -0.135. The molecule has 5 aliphatic rings. The summed E-state index contributed by atoms with van der Waals surface area (Å²) in [5.74, 6) is 3.48. The molecular formula is C27H35N5O3. The van der Waals surface area contributed by atoms with E-state index < -0.39 is 11.9 Å². The number of carbonyl (C=O) groups excluding carboxylic acids is 2. The number of nitrogens with zero attached hydrogens (tertiary/aromatic N) is 2. The van der Waals surface area contributed by atoms with Crippen LogP contribution in [0.4, 0.5) is 5.69 Å². The number of carbonyl (C=O) groups is 2. The van der Waals surface area contributed by atoms with Crippen LogP contribution in [0.25, 0.3) is 10.9 Å². The highest BCUT2D eigenvalue weighted by molar-refractivity contribution is 5.99. The molecule has 3 N–H and O–H groups in total. The monoisotopic (exact) mass is 477 g/mol. The number of rotatable bonds is 7. The maximum atomic E-state index is 13.5. The molecule has 1 unspecified atom stereocenters. The van der Waals surface area contributed by atoms with E-state index in [0.29, 0.717) is 29.2 Å². The zero-order chi connectivity index (χ0) is 24.1. The number of aryl methyl sites for hydroxylation is 1. The Morgan fingerprint density at radius 2 is 1.77 bits per heavy atom. The van der Waals surface area contributed by atoms with Crippen LogP contribution in [-0.4, -0.2) is 40.5 Å². The quantitative estimate of drug-likeness (QED) is 0.418. The second-order valence-electron chi connectivity index (χ2n) is 11.2. The van der Waals surface area contributed by atoms with Crippen LogP contribution in [0.2, 0.25) is 0 Å². The SMILES string of the molecule is Cc1nc2cccc(NCCCNC3C4CC5CC(C4)CC3C5)c2c(=O)n1C1CCC(=O)NC1=O. The number of piperidine rings is 1. The van der Waals surface area contributed by atoms with E-state index in [4.69, 9.17) is 0 Å². The van der Waals surface area contributed by atoms with Crippen molar-refractivity contribution in [2.75, 3.05) is 18.4 Å². The second-order valence-corrected chi connectivity index (χ2v) is 11.2. The molecule has 4 bridgehead atoms. The van der Waals surface area contributed by atoms with Gasteiger partial charge in [-0.3, -0.25) is 24.3 Å². The lowest BCUT2D eigenvalue weighted by Crippen LogP contribution is -2.54. The number of benzene rings is 1. The van der Waals surface area contributed by atoms with Crippen LogP contribution >= 0.6 is 0 Å². The molecule has 8 heteroatoms. The number of imide groups is 1.